The standard InChI is InChI=1S/C24H40N2O7/c1-7-9-11-12-13-14-15-16-21(27)26(24(30)33-20(5)6)25(23(29)32-19(3)4)18-22(28)31-17-10-8-2/h8,13-14,19-20H,2,7,9-12,15-18H2,1,3-6H3/b14-13+. The average molecular weight is 469 g/mol. The topological polar surface area (TPSA) is 102 Å². The number of rotatable bonds is 14. The van der Waals surface area contributed by atoms with E-state index < -0.39 is 42.8 Å². The van der Waals surface area contributed by atoms with Crippen molar-refractivity contribution in [3.05, 3.63) is 24.8 Å². The molecule has 0 aromatic heterocycles. The molecule has 0 aromatic carbocycles. The number of amides is 3. The number of imide groups is 1. The molecule has 0 fully saturated rings. The van der Waals surface area contributed by atoms with E-state index in [0.717, 1.165) is 25.7 Å². The third kappa shape index (κ3) is 14.0. The Morgan fingerprint density at radius 2 is 1.48 bits per heavy atom. The number of nitrogens with zero attached hydrogens (tertiary/aromatic N) is 2. The fourth-order valence-electron chi connectivity index (χ4n) is 2.55. The second-order valence-electron chi connectivity index (χ2n) is 7.93. The Morgan fingerprint density at radius 1 is 0.879 bits per heavy atom. The first-order valence-electron chi connectivity index (χ1n) is 11.6. The summed E-state index contributed by atoms with van der Waals surface area (Å²) in [5.74, 6) is -1.50. The van der Waals surface area contributed by atoms with Crippen LogP contribution in [0.1, 0.15) is 79.6 Å². The molecule has 33 heavy (non-hydrogen) atoms. The summed E-state index contributed by atoms with van der Waals surface area (Å²) in [5, 5.41) is 1.17. The second kappa shape index (κ2) is 17.7. The first-order chi connectivity index (χ1) is 15.6. The Balaban J connectivity index is 5.55. The van der Waals surface area contributed by atoms with Gasteiger partial charge in [0.15, 0.2) is 0 Å². The van der Waals surface area contributed by atoms with Crippen LogP contribution >= 0.6 is 0 Å². The molecule has 188 valence electrons. The van der Waals surface area contributed by atoms with Gasteiger partial charge in [0.2, 0.25) is 0 Å². The molecule has 0 radical (unpaired) electrons. The van der Waals surface area contributed by atoms with Crippen molar-refractivity contribution in [1.29, 1.82) is 0 Å². The molecule has 0 N–H and O–H groups in total. The molecule has 9 nitrogen and oxygen atoms in total. The van der Waals surface area contributed by atoms with Crippen LogP contribution in [0.15, 0.2) is 24.8 Å². The van der Waals surface area contributed by atoms with Gasteiger partial charge >= 0.3 is 18.2 Å². The monoisotopic (exact) mass is 468 g/mol. The molecular formula is C24H40N2O7. The van der Waals surface area contributed by atoms with Gasteiger partial charge in [-0.3, -0.25) is 9.59 Å². The van der Waals surface area contributed by atoms with E-state index in [1.807, 2.05) is 12.2 Å². The highest BCUT2D eigenvalue weighted by atomic mass is 16.6. The zero-order valence-electron chi connectivity index (χ0n) is 20.7. The lowest BCUT2D eigenvalue weighted by Gasteiger charge is -2.31. The predicted molar refractivity (Wildman–Crippen MR) is 125 cm³/mol. The van der Waals surface area contributed by atoms with Crippen molar-refractivity contribution in [3.8, 4) is 0 Å². The van der Waals surface area contributed by atoms with Gasteiger partial charge in [-0.1, -0.05) is 38.0 Å². The van der Waals surface area contributed by atoms with Crippen LogP contribution in [0.4, 0.5) is 9.59 Å². The lowest BCUT2D eigenvalue weighted by Crippen LogP contribution is -2.55. The number of unbranched alkanes of at least 4 members (excludes halogenated alkanes) is 3. The van der Waals surface area contributed by atoms with Gasteiger partial charge in [0.1, 0.15) is 6.54 Å². The number of hydrogen-bond donors (Lipinski definition) is 0. The Bertz CT molecular complexity index is 659. The molecule has 0 aliphatic rings. The molecular weight excluding hydrogens is 428 g/mol. The van der Waals surface area contributed by atoms with E-state index in [0.29, 0.717) is 22.9 Å². The Labute approximate surface area is 197 Å². The highest BCUT2D eigenvalue weighted by Gasteiger charge is 2.36. The predicted octanol–water partition coefficient (Wildman–Crippen LogP) is 5.16. The Morgan fingerprint density at radius 3 is 2.06 bits per heavy atom. The second-order valence-corrected chi connectivity index (χ2v) is 7.93. The van der Waals surface area contributed by atoms with E-state index in [1.54, 1.807) is 33.8 Å². The summed E-state index contributed by atoms with van der Waals surface area (Å²) >= 11 is 0. The van der Waals surface area contributed by atoms with Gasteiger partial charge in [-0.2, -0.15) is 5.01 Å². The molecule has 0 atom stereocenters. The molecule has 0 heterocycles. The lowest BCUT2D eigenvalue weighted by atomic mass is 10.2. The van der Waals surface area contributed by atoms with Gasteiger partial charge in [0, 0.05) is 6.42 Å². The first-order valence-corrected chi connectivity index (χ1v) is 11.6. The van der Waals surface area contributed by atoms with Crippen LogP contribution in [0.5, 0.6) is 0 Å². The van der Waals surface area contributed by atoms with Crippen molar-refractivity contribution in [1.82, 2.24) is 10.0 Å². The SMILES string of the molecule is C=CCCOC(=O)CN(C(=O)OC(C)C)N(C(=O)CC/C=C/CCCCC)C(=O)OC(C)C. The highest BCUT2D eigenvalue weighted by Crippen LogP contribution is 2.12. The van der Waals surface area contributed by atoms with E-state index >= 15 is 0 Å². The Hall–Kier alpha value is -2.84. The largest absolute Gasteiger partial charge is 0.464 e. The Kier molecular flexibility index (Phi) is 16.2. The van der Waals surface area contributed by atoms with Gasteiger partial charge in [-0.15, -0.1) is 11.6 Å². The minimum Gasteiger partial charge on any atom is -0.464 e. The number of hydrogen-bond acceptors (Lipinski definition) is 7. The number of esters is 1. The molecule has 0 rings (SSSR count). The maximum absolute atomic E-state index is 13.0. The minimum absolute atomic E-state index is 0.0581. The molecule has 0 bridgehead atoms. The van der Waals surface area contributed by atoms with Gasteiger partial charge in [0.05, 0.1) is 18.8 Å². The van der Waals surface area contributed by atoms with Crippen molar-refractivity contribution in [2.45, 2.75) is 91.8 Å². The molecule has 9 heteroatoms. The van der Waals surface area contributed by atoms with Crippen LogP contribution in [0.3, 0.4) is 0 Å². The highest BCUT2D eigenvalue weighted by molar-refractivity contribution is 5.94. The van der Waals surface area contributed by atoms with Crippen molar-refractivity contribution >= 4 is 24.1 Å². The molecule has 0 aromatic rings. The number of ether oxygens (including phenoxy) is 3. The molecule has 0 aliphatic carbocycles. The summed E-state index contributed by atoms with van der Waals surface area (Å²) in [5.41, 5.74) is 0. The van der Waals surface area contributed by atoms with Gasteiger partial charge in [0.25, 0.3) is 5.91 Å². The lowest BCUT2D eigenvalue weighted by molar-refractivity contribution is -0.154. The van der Waals surface area contributed by atoms with Gasteiger partial charge < -0.3 is 14.2 Å². The van der Waals surface area contributed by atoms with E-state index in [4.69, 9.17) is 14.2 Å². The van der Waals surface area contributed by atoms with Crippen LogP contribution < -0.4 is 0 Å². The summed E-state index contributed by atoms with van der Waals surface area (Å²) in [6.07, 6.45) is 7.19. The van der Waals surface area contributed by atoms with Crippen LogP contribution in [-0.2, 0) is 23.8 Å². The number of allylic oxidation sites excluding steroid dienone is 2. The smallest absolute Gasteiger partial charge is 0.436 e. The van der Waals surface area contributed by atoms with Gasteiger partial charge in [-0.05, 0) is 53.4 Å². The summed E-state index contributed by atoms with van der Waals surface area (Å²) < 4.78 is 15.4. The van der Waals surface area contributed by atoms with E-state index in [1.165, 1.54) is 0 Å². The molecule has 0 aliphatic heterocycles. The van der Waals surface area contributed by atoms with Crippen molar-refractivity contribution < 1.29 is 33.4 Å². The molecule has 0 saturated carbocycles. The van der Waals surface area contributed by atoms with E-state index in [9.17, 15) is 19.2 Å². The summed E-state index contributed by atoms with van der Waals surface area (Å²) in [4.78, 5) is 50.6. The van der Waals surface area contributed by atoms with Crippen molar-refractivity contribution in [2.24, 2.45) is 0 Å². The normalized spacial score (nSPS) is 10.9. The van der Waals surface area contributed by atoms with Gasteiger partial charge in [-0.25, -0.2) is 9.59 Å². The maximum Gasteiger partial charge on any atom is 0.436 e. The van der Waals surface area contributed by atoms with Crippen LogP contribution in [-0.4, -0.2) is 59.4 Å². The molecule has 3 amide bonds. The van der Waals surface area contributed by atoms with Crippen molar-refractivity contribution in [3.63, 3.8) is 0 Å². The maximum atomic E-state index is 13.0. The quantitative estimate of drug-likeness (QED) is 0.114. The zero-order valence-corrected chi connectivity index (χ0v) is 20.7. The minimum atomic E-state index is -1.07. The van der Waals surface area contributed by atoms with Crippen molar-refractivity contribution in [2.75, 3.05) is 13.2 Å². The number of hydrazine groups is 1. The van der Waals surface area contributed by atoms with E-state index in [-0.39, 0.29) is 13.0 Å². The summed E-state index contributed by atoms with van der Waals surface area (Å²) in [6.45, 7) is 11.5. The zero-order chi connectivity index (χ0) is 25.2. The van der Waals surface area contributed by atoms with Crippen LogP contribution in [0, 0.1) is 0 Å². The summed E-state index contributed by atoms with van der Waals surface area (Å²) in [7, 11) is 0. The third-order valence-electron chi connectivity index (χ3n) is 4.06. The number of carbonyl (C=O) groups is 4. The fourth-order valence-corrected chi connectivity index (χ4v) is 2.55. The molecule has 0 unspecified atom stereocenters. The van der Waals surface area contributed by atoms with Crippen LogP contribution in [0.25, 0.3) is 0 Å². The van der Waals surface area contributed by atoms with Crippen LogP contribution in [0.2, 0.25) is 0 Å². The number of carbonyl (C=O) groups excluding carboxylic acids is 4. The average Bonchev–Trinajstić information content (AvgIpc) is 2.71. The fraction of sp³-hybridized carbons (Fsp3) is 0.667. The molecule has 0 spiro atoms. The summed E-state index contributed by atoms with van der Waals surface area (Å²) in [6, 6.07) is 0. The molecule has 0 saturated heterocycles. The first kappa shape index (κ1) is 30.2. The third-order valence-corrected chi connectivity index (χ3v) is 4.06. The van der Waals surface area contributed by atoms with E-state index in [2.05, 4.69) is 13.5 Å².